The normalized spacial score (nSPS) is 24.4. The molecule has 0 spiro atoms. The van der Waals surface area contributed by atoms with Crippen molar-refractivity contribution in [3.63, 3.8) is 0 Å². The van der Waals surface area contributed by atoms with Crippen LogP contribution in [-0.4, -0.2) is 50.8 Å². The Labute approximate surface area is 219 Å². The van der Waals surface area contributed by atoms with Gasteiger partial charge in [0.25, 0.3) is 0 Å². The Kier molecular flexibility index (Phi) is 7.65. The molecule has 1 heterocycles. The lowest BCUT2D eigenvalue weighted by Crippen LogP contribution is -2.52. The predicted molar refractivity (Wildman–Crippen MR) is 139 cm³/mol. The van der Waals surface area contributed by atoms with E-state index in [1.807, 2.05) is 6.07 Å². The monoisotopic (exact) mass is 545 g/mol. The number of fused-ring (bicyclic) bond motifs is 1. The number of halogens is 4. The van der Waals surface area contributed by atoms with Crippen molar-refractivity contribution in [3.8, 4) is 11.5 Å². The number of benzene rings is 2. The molecule has 0 radical (unpaired) electrons. The maximum atomic E-state index is 12.8. The van der Waals surface area contributed by atoms with Crippen LogP contribution in [0.4, 0.5) is 10.5 Å². The van der Waals surface area contributed by atoms with Crippen LogP contribution < -0.4 is 20.1 Å². The summed E-state index contributed by atoms with van der Waals surface area (Å²) in [4.78, 5) is 15.2. The van der Waals surface area contributed by atoms with Crippen LogP contribution in [0.2, 0.25) is 20.1 Å². The molecule has 34 heavy (non-hydrogen) atoms. The predicted octanol–water partition coefficient (Wildman–Crippen LogP) is 6.63. The molecule has 2 aliphatic rings. The number of carbonyl (C=O) groups excluding carboxylic acids is 1. The van der Waals surface area contributed by atoms with Gasteiger partial charge in [-0.15, -0.1) is 0 Å². The highest BCUT2D eigenvalue weighted by Crippen LogP contribution is 2.50. The zero-order valence-corrected chi connectivity index (χ0v) is 22.2. The van der Waals surface area contributed by atoms with Crippen LogP contribution in [0.15, 0.2) is 24.3 Å². The summed E-state index contributed by atoms with van der Waals surface area (Å²) in [5, 5.41) is 6.54. The Morgan fingerprint density at radius 3 is 2.35 bits per heavy atom. The number of methoxy groups -OCH3 is 2. The number of hydrogen-bond acceptors (Lipinski definition) is 4. The first-order valence-corrected chi connectivity index (χ1v) is 12.5. The summed E-state index contributed by atoms with van der Waals surface area (Å²) < 4.78 is 11.0. The van der Waals surface area contributed by atoms with Gasteiger partial charge in [-0.1, -0.05) is 52.5 Å². The summed E-state index contributed by atoms with van der Waals surface area (Å²) in [6.45, 7) is 0.990. The number of anilines is 1. The standard InChI is InChI=1S/C24H27Cl4N3O3/c1-31-9-8-24(13-4-5-17(33-2)18(10-13)34-3)7-6-14(11-19(24)31)29-23(32)30-22-20(27)15(25)12-16(26)21(22)28/h4-5,10,12,14,19H,6-9,11H2,1-3H3,(H2,29,30,32)/t14-,19+,24-/m0/s1. The minimum Gasteiger partial charge on any atom is -0.493 e. The molecular formula is C24H27Cl4N3O3. The van der Waals surface area contributed by atoms with Crippen LogP contribution in [0.5, 0.6) is 11.5 Å². The third kappa shape index (κ3) is 4.63. The highest BCUT2D eigenvalue weighted by Gasteiger charge is 2.50. The summed E-state index contributed by atoms with van der Waals surface area (Å²) in [6.07, 6.45) is 3.64. The van der Waals surface area contributed by atoms with Crippen molar-refractivity contribution < 1.29 is 14.3 Å². The molecule has 1 aliphatic carbocycles. The first-order valence-electron chi connectivity index (χ1n) is 11.0. The third-order valence-electron chi connectivity index (χ3n) is 7.17. The van der Waals surface area contributed by atoms with E-state index in [2.05, 4.69) is 34.7 Å². The zero-order valence-electron chi connectivity index (χ0n) is 19.2. The van der Waals surface area contributed by atoms with Gasteiger partial charge in [-0.05, 0) is 63.0 Å². The van der Waals surface area contributed by atoms with Gasteiger partial charge in [0.05, 0.1) is 40.0 Å². The molecule has 2 amide bonds. The molecule has 1 saturated carbocycles. The third-order valence-corrected chi connectivity index (χ3v) is 8.75. The van der Waals surface area contributed by atoms with Gasteiger partial charge < -0.3 is 25.0 Å². The quantitative estimate of drug-likeness (QED) is 0.413. The fourth-order valence-electron chi connectivity index (χ4n) is 5.41. The number of amides is 2. The van der Waals surface area contributed by atoms with Crippen LogP contribution in [0, 0.1) is 0 Å². The molecule has 10 heteroatoms. The van der Waals surface area contributed by atoms with Gasteiger partial charge in [-0.25, -0.2) is 4.79 Å². The maximum absolute atomic E-state index is 12.8. The van der Waals surface area contributed by atoms with E-state index in [9.17, 15) is 4.79 Å². The van der Waals surface area contributed by atoms with Gasteiger partial charge in [0.15, 0.2) is 11.5 Å². The highest BCUT2D eigenvalue weighted by atomic mass is 35.5. The molecule has 1 saturated heterocycles. The molecule has 6 nitrogen and oxygen atoms in total. The molecule has 4 rings (SSSR count). The van der Waals surface area contributed by atoms with Crippen molar-refractivity contribution in [2.24, 2.45) is 0 Å². The average Bonchev–Trinajstić information content (AvgIpc) is 3.17. The lowest BCUT2D eigenvalue weighted by Gasteiger charge is -2.45. The molecule has 2 fully saturated rings. The van der Waals surface area contributed by atoms with E-state index in [0.717, 1.165) is 43.7 Å². The molecule has 2 aromatic rings. The van der Waals surface area contributed by atoms with E-state index >= 15 is 0 Å². The molecule has 2 aromatic carbocycles. The van der Waals surface area contributed by atoms with Crippen molar-refractivity contribution >= 4 is 58.1 Å². The van der Waals surface area contributed by atoms with Crippen molar-refractivity contribution in [3.05, 3.63) is 49.9 Å². The van der Waals surface area contributed by atoms with Crippen LogP contribution >= 0.6 is 46.4 Å². The Morgan fingerprint density at radius 1 is 1.03 bits per heavy atom. The number of ether oxygens (including phenoxy) is 2. The summed E-state index contributed by atoms with van der Waals surface area (Å²) >= 11 is 24.7. The van der Waals surface area contributed by atoms with E-state index in [4.69, 9.17) is 55.9 Å². The van der Waals surface area contributed by atoms with Gasteiger partial charge in [0.2, 0.25) is 0 Å². The van der Waals surface area contributed by atoms with Gasteiger partial charge >= 0.3 is 6.03 Å². The summed E-state index contributed by atoms with van der Waals surface area (Å²) in [5.74, 6) is 1.45. The van der Waals surface area contributed by atoms with E-state index in [0.29, 0.717) is 0 Å². The van der Waals surface area contributed by atoms with Gasteiger partial charge in [-0.2, -0.15) is 0 Å². The Morgan fingerprint density at radius 2 is 1.71 bits per heavy atom. The van der Waals surface area contributed by atoms with Crippen LogP contribution in [-0.2, 0) is 5.41 Å². The fraction of sp³-hybridized carbons (Fsp3) is 0.458. The SMILES string of the molecule is COc1ccc([C@@]23CC[C@H](NC(=O)Nc4c(Cl)c(Cl)cc(Cl)c4Cl)C[C@H]2N(C)CC3)cc1OC. The number of hydrogen-bond donors (Lipinski definition) is 2. The maximum Gasteiger partial charge on any atom is 0.319 e. The molecule has 1 aliphatic heterocycles. The number of nitrogens with zero attached hydrogens (tertiary/aromatic N) is 1. The van der Waals surface area contributed by atoms with E-state index < -0.39 is 6.03 Å². The molecule has 3 atom stereocenters. The Hall–Kier alpha value is -1.57. The molecule has 2 N–H and O–H groups in total. The van der Waals surface area contributed by atoms with Crippen molar-refractivity contribution in [1.29, 1.82) is 0 Å². The second kappa shape index (κ2) is 10.2. The van der Waals surface area contributed by atoms with Crippen LogP contribution in [0.3, 0.4) is 0 Å². The average molecular weight is 547 g/mol. The summed E-state index contributed by atoms with van der Waals surface area (Å²) in [6, 6.07) is 7.52. The lowest BCUT2D eigenvalue weighted by molar-refractivity contribution is 0.156. The van der Waals surface area contributed by atoms with Gasteiger partial charge in [0, 0.05) is 17.5 Å². The second-order valence-corrected chi connectivity index (χ2v) is 10.5. The van der Waals surface area contributed by atoms with Crippen LogP contribution in [0.1, 0.15) is 31.2 Å². The van der Waals surface area contributed by atoms with E-state index in [1.165, 1.54) is 11.6 Å². The number of likely N-dealkylation sites (N-methyl/N-ethyl adjacent to an activating group) is 1. The number of rotatable bonds is 5. The lowest BCUT2D eigenvalue weighted by atomic mass is 9.65. The van der Waals surface area contributed by atoms with Crippen molar-refractivity contribution in [2.75, 3.05) is 33.1 Å². The second-order valence-electron chi connectivity index (χ2n) is 8.89. The summed E-state index contributed by atoms with van der Waals surface area (Å²) in [7, 11) is 5.44. The Balaban J connectivity index is 1.50. The smallest absolute Gasteiger partial charge is 0.319 e. The fourth-order valence-corrected chi connectivity index (χ4v) is 6.32. The number of urea groups is 1. The first kappa shape index (κ1) is 25.5. The van der Waals surface area contributed by atoms with Crippen molar-refractivity contribution in [1.82, 2.24) is 10.2 Å². The number of nitrogens with one attached hydrogen (secondary N) is 2. The topological polar surface area (TPSA) is 62.8 Å². The summed E-state index contributed by atoms with van der Waals surface area (Å²) in [5.41, 5.74) is 1.44. The van der Waals surface area contributed by atoms with Crippen molar-refractivity contribution in [2.45, 2.75) is 43.2 Å². The van der Waals surface area contributed by atoms with E-state index in [1.54, 1.807) is 14.2 Å². The van der Waals surface area contributed by atoms with Crippen LogP contribution in [0.25, 0.3) is 0 Å². The largest absolute Gasteiger partial charge is 0.493 e. The minimum absolute atomic E-state index is 0.00391. The first-order chi connectivity index (χ1) is 16.2. The molecule has 0 unspecified atom stereocenters. The molecule has 184 valence electrons. The Bertz CT molecular complexity index is 1070. The van der Waals surface area contributed by atoms with Gasteiger partial charge in [0.1, 0.15) is 0 Å². The molecule has 0 aromatic heterocycles. The molecule has 0 bridgehead atoms. The van der Waals surface area contributed by atoms with E-state index in [-0.39, 0.29) is 43.3 Å². The minimum atomic E-state index is -0.397. The highest BCUT2D eigenvalue weighted by molar-refractivity contribution is 6.50. The number of likely N-dealkylation sites (tertiary alicyclic amines) is 1. The number of carbonyl (C=O) groups is 1. The molecular weight excluding hydrogens is 520 g/mol. The van der Waals surface area contributed by atoms with Gasteiger partial charge in [-0.3, -0.25) is 0 Å². The zero-order chi connectivity index (χ0) is 24.6.